The zero-order valence-electron chi connectivity index (χ0n) is 27.7. The summed E-state index contributed by atoms with van der Waals surface area (Å²) in [5, 5.41) is 6.16. The summed E-state index contributed by atoms with van der Waals surface area (Å²) < 4.78 is 28.1. The number of nitrogens with zero attached hydrogens (tertiary/aromatic N) is 1. The molecule has 3 amide bonds. The Kier molecular flexibility index (Phi) is 14.4. The highest BCUT2D eigenvalue weighted by atomic mass is 35.5. The summed E-state index contributed by atoms with van der Waals surface area (Å²) in [6.07, 6.45) is 0.941. The van der Waals surface area contributed by atoms with E-state index in [1.165, 1.54) is 7.11 Å². The zero-order chi connectivity index (χ0) is 33.7. The molecule has 1 aliphatic rings. The summed E-state index contributed by atoms with van der Waals surface area (Å²) in [4.78, 5) is 39.7. The van der Waals surface area contributed by atoms with Gasteiger partial charge in [0.05, 0.1) is 26.4 Å². The van der Waals surface area contributed by atoms with Crippen molar-refractivity contribution in [3.05, 3.63) is 64.2 Å². The molecule has 3 rings (SSSR count). The van der Waals surface area contributed by atoms with Crippen LogP contribution >= 0.6 is 11.6 Å². The molecular weight excluding hydrogens is 614 g/mol. The average Bonchev–Trinajstić information content (AvgIpc) is 3.02. The molecule has 2 N–H and O–H groups in total. The Bertz CT molecular complexity index is 1300. The minimum atomic E-state index is -0.662. The van der Waals surface area contributed by atoms with Gasteiger partial charge in [-0.05, 0) is 88.8 Å². The fourth-order valence-corrected chi connectivity index (χ4v) is 5.37. The Morgan fingerprint density at radius 1 is 1.13 bits per heavy atom. The third-order valence-corrected chi connectivity index (χ3v) is 7.67. The van der Waals surface area contributed by atoms with Crippen LogP contribution in [0.25, 0.3) is 0 Å². The second kappa shape index (κ2) is 18.0. The highest BCUT2D eigenvalue weighted by Crippen LogP contribution is 2.35. The Hall–Kier alpha value is -3.54. The van der Waals surface area contributed by atoms with E-state index in [4.69, 9.17) is 30.5 Å². The van der Waals surface area contributed by atoms with Gasteiger partial charge in [0.1, 0.15) is 17.5 Å². The van der Waals surface area contributed by atoms with Gasteiger partial charge in [-0.3, -0.25) is 4.79 Å². The fraction of sp³-hybridized carbons (Fsp3) is 0.559. The van der Waals surface area contributed by atoms with Crippen LogP contribution < -0.4 is 15.4 Å². The van der Waals surface area contributed by atoms with Gasteiger partial charge in [0, 0.05) is 49.5 Å². The molecule has 1 aliphatic heterocycles. The number of hydrogen-bond acceptors (Lipinski definition) is 8. The number of rotatable bonds is 14. The molecule has 1 fully saturated rings. The normalized spacial score (nSPS) is 16.1. The molecule has 12 heteroatoms. The van der Waals surface area contributed by atoms with Gasteiger partial charge in [0.25, 0.3) is 5.91 Å². The Morgan fingerprint density at radius 2 is 1.91 bits per heavy atom. The molecular formula is C34H48ClN3O8. The van der Waals surface area contributed by atoms with Crippen LogP contribution in [0.1, 0.15) is 74.5 Å². The Labute approximate surface area is 277 Å². The maximum atomic E-state index is 13.6. The molecule has 1 heterocycles. The SMILES string of the molecule is CCOc1ccc(C(=O)NC[C@H](C[C@H]2CCCOC2)N(C)C(=O)OC(C)(C)C)cc1C(OCCNC(=O)OC)c1cccc(Cl)c1. The van der Waals surface area contributed by atoms with Gasteiger partial charge in [-0.15, -0.1) is 0 Å². The lowest BCUT2D eigenvalue weighted by Gasteiger charge is -2.34. The monoisotopic (exact) mass is 661 g/mol. The minimum Gasteiger partial charge on any atom is -0.493 e. The first kappa shape index (κ1) is 36.9. The van der Waals surface area contributed by atoms with E-state index < -0.39 is 23.9 Å². The van der Waals surface area contributed by atoms with E-state index in [0.29, 0.717) is 41.5 Å². The summed E-state index contributed by atoms with van der Waals surface area (Å²) in [5.74, 6) is 0.496. The number of nitrogens with one attached hydrogen (secondary N) is 2. The van der Waals surface area contributed by atoms with Crippen LogP contribution in [0.15, 0.2) is 42.5 Å². The maximum absolute atomic E-state index is 13.6. The topological polar surface area (TPSA) is 125 Å². The number of carbonyl (C=O) groups is 3. The van der Waals surface area contributed by atoms with E-state index in [1.807, 2.05) is 39.8 Å². The lowest BCUT2D eigenvalue weighted by Crippen LogP contribution is -2.48. The summed E-state index contributed by atoms with van der Waals surface area (Å²) in [5.41, 5.74) is 1.11. The zero-order valence-corrected chi connectivity index (χ0v) is 28.5. The molecule has 11 nitrogen and oxygen atoms in total. The van der Waals surface area contributed by atoms with E-state index in [1.54, 1.807) is 42.3 Å². The first-order valence-electron chi connectivity index (χ1n) is 15.7. The van der Waals surface area contributed by atoms with E-state index in [0.717, 1.165) is 25.0 Å². The third kappa shape index (κ3) is 11.7. The van der Waals surface area contributed by atoms with Gasteiger partial charge in [-0.1, -0.05) is 23.7 Å². The minimum absolute atomic E-state index is 0.151. The van der Waals surface area contributed by atoms with Crippen molar-refractivity contribution < 1.29 is 38.1 Å². The smallest absolute Gasteiger partial charge is 0.410 e. The standard InChI is InChI=1S/C34H48ClN3O8/c1-7-44-29-14-13-25(20-28(29)30(24-11-8-12-26(35)19-24)45-17-15-36-32(40)42-6)31(39)37-21-27(18-23-10-9-16-43-22-23)38(5)33(41)46-34(2,3)4/h8,11-14,19-20,23,27,30H,7,9-10,15-18,21-22H2,1-6H3,(H,36,40)(H,37,39)/t23-,27+,30?/m1/s1. The Balaban J connectivity index is 1.85. The summed E-state index contributed by atoms with van der Waals surface area (Å²) in [6.45, 7) is 9.67. The highest BCUT2D eigenvalue weighted by molar-refractivity contribution is 6.30. The van der Waals surface area contributed by atoms with Gasteiger partial charge >= 0.3 is 12.2 Å². The number of carbonyl (C=O) groups excluding carboxylic acids is 3. The number of likely N-dealkylation sites (N-methyl/N-ethyl adjacent to an activating group) is 1. The van der Waals surface area contributed by atoms with Crippen LogP contribution in [0, 0.1) is 5.92 Å². The largest absolute Gasteiger partial charge is 0.493 e. The lowest BCUT2D eigenvalue weighted by atomic mass is 9.93. The molecule has 0 spiro atoms. The van der Waals surface area contributed by atoms with Crippen molar-refractivity contribution in [2.45, 2.75) is 64.7 Å². The van der Waals surface area contributed by atoms with Crippen molar-refractivity contribution in [1.82, 2.24) is 15.5 Å². The van der Waals surface area contributed by atoms with Crippen molar-refractivity contribution in [2.24, 2.45) is 5.92 Å². The average molecular weight is 662 g/mol. The molecule has 254 valence electrons. The quantitative estimate of drug-likeness (QED) is 0.237. The van der Waals surface area contributed by atoms with E-state index in [-0.39, 0.29) is 37.6 Å². The van der Waals surface area contributed by atoms with Crippen LogP contribution in [-0.4, -0.2) is 88.3 Å². The van der Waals surface area contributed by atoms with Crippen LogP contribution in [-0.2, 0) is 18.9 Å². The van der Waals surface area contributed by atoms with Crippen LogP contribution in [0.5, 0.6) is 5.75 Å². The summed E-state index contributed by atoms with van der Waals surface area (Å²) >= 11 is 6.34. The predicted molar refractivity (Wildman–Crippen MR) is 176 cm³/mol. The maximum Gasteiger partial charge on any atom is 0.410 e. The number of ether oxygens (including phenoxy) is 5. The molecule has 0 aliphatic carbocycles. The molecule has 0 bridgehead atoms. The fourth-order valence-electron chi connectivity index (χ4n) is 5.17. The van der Waals surface area contributed by atoms with Crippen molar-refractivity contribution in [3.63, 3.8) is 0 Å². The summed E-state index contributed by atoms with van der Waals surface area (Å²) in [7, 11) is 2.99. The predicted octanol–water partition coefficient (Wildman–Crippen LogP) is 5.98. The molecule has 2 aromatic carbocycles. The molecule has 0 saturated carbocycles. The number of hydrogen-bond donors (Lipinski definition) is 2. The second-order valence-electron chi connectivity index (χ2n) is 12.2. The van der Waals surface area contributed by atoms with Crippen LogP contribution in [0.2, 0.25) is 5.02 Å². The molecule has 46 heavy (non-hydrogen) atoms. The van der Waals surface area contributed by atoms with Crippen molar-refractivity contribution in [2.75, 3.05) is 53.7 Å². The van der Waals surface area contributed by atoms with E-state index >= 15 is 0 Å². The van der Waals surface area contributed by atoms with Crippen molar-refractivity contribution in [3.8, 4) is 5.75 Å². The third-order valence-electron chi connectivity index (χ3n) is 7.43. The van der Waals surface area contributed by atoms with Crippen molar-refractivity contribution in [1.29, 1.82) is 0 Å². The molecule has 2 aromatic rings. The van der Waals surface area contributed by atoms with Gasteiger partial charge in [-0.25, -0.2) is 9.59 Å². The van der Waals surface area contributed by atoms with Gasteiger partial charge in [0.15, 0.2) is 0 Å². The van der Waals surface area contributed by atoms with Crippen LogP contribution in [0.4, 0.5) is 9.59 Å². The highest BCUT2D eigenvalue weighted by Gasteiger charge is 2.29. The second-order valence-corrected chi connectivity index (χ2v) is 12.6. The number of methoxy groups -OCH3 is 1. The van der Waals surface area contributed by atoms with E-state index in [9.17, 15) is 14.4 Å². The van der Waals surface area contributed by atoms with E-state index in [2.05, 4.69) is 15.4 Å². The van der Waals surface area contributed by atoms with Gasteiger partial charge in [-0.2, -0.15) is 0 Å². The molecule has 1 saturated heterocycles. The molecule has 3 atom stereocenters. The number of amides is 3. The molecule has 0 radical (unpaired) electrons. The molecule has 0 aromatic heterocycles. The number of halogens is 1. The first-order valence-corrected chi connectivity index (χ1v) is 16.1. The number of benzene rings is 2. The van der Waals surface area contributed by atoms with Gasteiger partial charge in [0.2, 0.25) is 0 Å². The Morgan fingerprint density at radius 3 is 2.57 bits per heavy atom. The number of alkyl carbamates (subject to hydrolysis) is 1. The van der Waals surface area contributed by atoms with Crippen LogP contribution in [0.3, 0.4) is 0 Å². The first-order chi connectivity index (χ1) is 21.9. The van der Waals surface area contributed by atoms with Crippen molar-refractivity contribution >= 4 is 29.7 Å². The summed E-state index contributed by atoms with van der Waals surface area (Å²) in [6, 6.07) is 12.1. The van der Waals surface area contributed by atoms with Gasteiger partial charge < -0.3 is 39.2 Å². The lowest BCUT2D eigenvalue weighted by molar-refractivity contribution is 0.0112. The molecule has 1 unspecified atom stereocenters.